The summed E-state index contributed by atoms with van der Waals surface area (Å²) in [6, 6.07) is 0. The van der Waals surface area contributed by atoms with Crippen LogP contribution in [0.25, 0.3) is 0 Å². The second-order valence-electron chi connectivity index (χ2n) is 0.491. The molecule has 2 N–H and O–H groups in total. The molecule has 0 aliphatic rings. The molecule has 0 fully saturated rings. The third kappa shape index (κ3) is 61.4. The van der Waals surface area contributed by atoms with E-state index < -0.39 is 14.5 Å². The van der Waals surface area contributed by atoms with Crippen molar-refractivity contribution in [2.24, 2.45) is 0 Å². The van der Waals surface area contributed by atoms with Gasteiger partial charge in [-0.15, -0.1) is 0 Å². The average molecular weight is 163 g/mol. The minimum atomic E-state index is -5.38. The second kappa shape index (κ2) is 3.27. The van der Waals surface area contributed by atoms with Crippen LogP contribution in [0.2, 0.25) is 0 Å². The van der Waals surface area contributed by atoms with Crippen molar-refractivity contribution in [2.75, 3.05) is 0 Å². The van der Waals surface area contributed by atoms with Crippen LogP contribution in [0.1, 0.15) is 0 Å². The van der Waals surface area contributed by atoms with Gasteiger partial charge in [0.05, 0.1) is 0 Å². The van der Waals surface area contributed by atoms with Crippen LogP contribution in [0.3, 0.4) is 0 Å². The molecule has 0 aromatic rings. The van der Waals surface area contributed by atoms with Gasteiger partial charge < -0.3 is 0 Å². The minimum Gasteiger partial charge on any atom is 1.00 e. The van der Waals surface area contributed by atoms with Crippen LogP contribution in [0.15, 0.2) is 0 Å². The monoisotopic (exact) mass is 163 g/mol. The molecule has 0 rings (SSSR count). The summed E-state index contributed by atoms with van der Waals surface area (Å²) in [5.74, 6) is 0. The van der Waals surface area contributed by atoms with Crippen LogP contribution >= 0.6 is 0 Å². The van der Waals surface area contributed by atoms with E-state index in [1.165, 1.54) is 0 Å². The Bertz CT molecular complexity index is 53.7. The van der Waals surface area contributed by atoms with E-state index in [0.29, 0.717) is 0 Å². The van der Waals surface area contributed by atoms with Crippen molar-refractivity contribution in [3.63, 3.8) is 0 Å². The number of hydrogen-bond donors (Lipinski definition) is 2. The molecule has 0 saturated heterocycles. The molecule has 0 bridgehead atoms. The first-order valence-corrected chi connectivity index (χ1v) is 3.98. The normalized spacial score (nSPS) is 9.83. The molecule has 0 aromatic heterocycles. The predicted octanol–water partition coefficient (Wildman–Crippen LogP) is -5.80. The predicted molar refractivity (Wildman–Crippen MR) is 10.9 cm³/mol. The third-order valence-corrected chi connectivity index (χ3v) is 0. The summed E-state index contributed by atoms with van der Waals surface area (Å²) in [7, 11) is 0. The zero-order valence-corrected chi connectivity index (χ0v) is 7.03. The molecule has 0 aliphatic heterocycles. The van der Waals surface area contributed by atoms with E-state index in [0.717, 1.165) is 0 Å². The smallest absolute Gasteiger partial charge is 1.00 e. The van der Waals surface area contributed by atoms with Crippen LogP contribution in [-0.2, 0) is 3.74 Å². The molecule has 6 heavy (non-hydrogen) atoms. The Morgan fingerprint density at radius 2 is 1.50 bits per heavy atom. The molecule has 4 nitrogen and oxygen atoms in total. The van der Waals surface area contributed by atoms with Gasteiger partial charge in [0.15, 0.2) is 0 Å². The van der Waals surface area contributed by atoms with E-state index in [1.54, 1.807) is 0 Å². The third-order valence-electron chi connectivity index (χ3n) is 0. The molecule has 6 heteroatoms. The van der Waals surface area contributed by atoms with Crippen molar-refractivity contribution in [1.82, 2.24) is 0 Å². The van der Waals surface area contributed by atoms with Gasteiger partial charge in [-0.1, -0.05) is 0 Å². The first-order chi connectivity index (χ1) is 2.00. The molecule has 0 aromatic carbocycles. The zero-order valence-electron chi connectivity index (χ0n) is 3.16. The summed E-state index contributed by atoms with van der Waals surface area (Å²) in [5, 5.41) is 0. The van der Waals surface area contributed by atoms with E-state index in [2.05, 4.69) is 0 Å². The van der Waals surface area contributed by atoms with Gasteiger partial charge in [-0.05, 0) is 0 Å². The van der Waals surface area contributed by atoms with Crippen molar-refractivity contribution in [2.45, 2.75) is 0 Å². The van der Waals surface area contributed by atoms with Gasteiger partial charge in [0.25, 0.3) is 0 Å². The Balaban J connectivity index is 0. The van der Waals surface area contributed by atoms with Gasteiger partial charge in [0, 0.05) is 0 Å². The summed E-state index contributed by atoms with van der Waals surface area (Å²) in [6.07, 6.45) is 0. The minimum absolute atomic E-state index is 0. The summed E-state index contributed by atoms with van der Waals surface area (Å²) in [4.78, 5) is 0. The van der Waals surface area contributed by atoms with E-state index in [1.807, 2.05) is 0 Å². The fourth-order valence-electron chi connectivity index (χ4n) is 0. The summed E-state index contributed by atoms with van der Waals surface area (Å²) < 4.78 is 31.9. The number of rotatable bonds is 0. The molecular weight excluding hydrogens is 161 g/mol. The van der Waals surface area contributed by atoms with Crippen molar-refractivity contribution in [3.05, 3.63) is 0 Å². The SMILES string of the molecule is O=[74As]([O-])(O)O.[Na+]. The van der Waals surface area contributed by atoms with Gasteiger partial charge in [0.2, 0.25) is 0 Å². The zero-order chi connectivity index (χ0) is 4.50. The Morgan fingerprint density at radius 3 is 1.50 bits per heavy atom. The fraction of sp³-hybridized carbons (Fsp3) is 0. The van der Waals surface area contributed by atoms with Crippen molar-refractivity contribution < 1.29 is 45.6 Å². The molecule has 0 spiro atoms. The molecule has 0 saturated carbocycles. The molecule has 0 aliphatic carbocycles. The summed E-state index contributed by atoms with van der Waals surface area (Å²) >= 11 is -5.38. The van der Waals surface area contributed by atoms with E-state index in [9.17, 15) is 0 Å². The maximum absolute atomic E-state index is 8.83. The maximum atomic E-state index is 8.83. The Labute approximate surface area is 59.8 Å². The molecule has 32 valence electrons. The molecule has 0 atom stereocenters. The summed E-state index contributed by atoms with van der Waals surface area (Å²) in [6.45, 7) is 0. The van der Waals surface area contributed by atoms with Crippen LogP contribution in [-0.4, -0.2) is 22.7 Å². The van der Waals surface area contributed by atoms with Crippen molar-refractivity contribution >= 4 is 14.5 Å². The number of hydrogen-bond acceptors (Lipinski definition) is 2. The van der Waals surface area contributed by atoms with Gasteiger partial charge in [0.1, 0.15) is 0 Å². The van der Waals surface area contributed by atoms with Crippen LogP contribution < -0.4 is 33.7 Å². The largest absolute Gasteiger partial charge is 1.00 e. The fourth-order valence-corrected chi connectivity index (χ4v) is 0. The average Bonchev–Trinajstić information content (AvgIpc) is 0.722. The van der Waals surface area contributed by atoms with Crippen molar-refractivity contribution in [3.8, 4) is 0 Å². The Hall–Kier alpha value is 1.24. The molecule has 0 heterocycles. The molecular formula is H2AsNaO4. The van der Waals surface area contributed by atoms with Crippen LogP contribution in [0.4, 0.5) is 0 Å². The Kier molecular flexibility index (Phi) is 5.59. The van der Waals surface area contributed by atoms with Crippen molar-refractivity contribution in [1.29, 1.82) is 0 Å². The van der Waals surface area contributed by atoms with Gasteiger partial charge in [-0.3, -0.25) is 0 Å². The Morgan fingerprint density at radius 1 is 1.50 bits per heavy atom. The quantitative estimate of drug-likeness (QED) is 0.348. The van der Waals surface area contributed by atoms with E-state index in [4.69, 9.17) is 16.0 Å². The van der Waals surface area contributed by atoms with Crippen LogP contribution in [0, 0.1) is 0 Å². The molecule has 0 radical (unpaired) electrons. The van der Waals surface area contributed by atoms with Gasteiger partial charge in [-0.2, -0.15) is 0 Å². The van der Waals surface area contributed by atoms with Gasteiger partial charge >= 0.3 is 60.1 Å². The first-order valence-electron chi connectivity index (χ1n) is 0.765. The summed E-state index contributed by atoms with van der Waals surface area (Å²) in [5.41, 5.74) is 0. The first kappa shape index (κ1) is 10.3. The second-order valence-corrected chi connectivity index (χ2v) is 2.55. The topological polar surface area (TPSA) is 80.6 Å². The standard InChI is InChI=1S/AsH3O4.Na/c2-1(3,4)5;/h(H3,2,3,4,5);/q;+1/p-1/i1-1;. The molecule has 0 amide bonds. The van der Waals surface area contributed by atoms with E-state index >= 15 is 0 Å². The van der Waals surface area contributed by atoms with Crippen LogP contribution in [0.5, 0.6) is 0 Å². The van der Waals surface area contributed by atoms with E-state index in [-0.39, 0.29) is 29.6 Å². The molecule has 0 unspecified atom stereocenters. The maximum Gasteiger partial charge on any atom is 1.00 e. The van der Waals surface area contributed by atoms with Gasteiger partial charge in [-0.25, -0.2) is 0 Å².